The summed E-state index contributed by atoms with van der Waals surface area (Å²) in [6.07, 6.45) is 1.56. The largest absolute Gasteiger partial charge is 0.493 e. The molecule has 0 fully saturated rings. The van der Waals surface area contributed by atoms with Crippen molar-refractivity contribution in [1.82, 2.24) is 5.43 Å². The Morgan fingerprint density at radius 3 is 2.36 bits per heavy atom. The zero-order valence-electron chi connectivity index (χ0n) is 21.5. The number of nitrogens with one attached hydrogen (secondary N) is 1. The SMILES string of the molecule is COc1cc(/C=N/NC(=O)c2ccccc2OCc2ccccc2)ccc1OCc1cccc2ccccc12. The minimum absolute atomic E-state index is 0.364. The van der Waals surface area contributed by atoms with E-state index in [2.05, 4.69) is 34.8 Å². The average molecular weight is 517 g/mol. The third-order valence-electron chi connectivity index (χ3n) is 6.20. The van der Waals surface area contributed by atoms with Gasteiger partial charge in [0.05, 0.1) is 18.9 Å². The molecule has 0 unspecified atom stereocenters. The van der Waals surface area contributed by atoms with Gasteiger partial charge in [0.2, 0.25) is 0 Å². The molecule has 6 heteroatoms. The highest BCUT2D eigenvalue weighted by Gasteiger charge is 2.12. The Morgan fingerprint density at radius 2 is 1.49 bits per heavy atom. The molecule has 0 heterocycles. The molecule has 194 valence electrons. The van der Waals surface area contributed by atoms with Gasteiger partial charge in [-0.05, 0) is 57.8 Å². The Morgan fingerprint density at radius 1 is 0.744 bits per heavy atom. The van der Waals surface area contributed by atoms with Crippen LogP contribution in [-0.2, 0) is 13.2 Å². The van der Waals surface area contributed by atoms with Crippen LogP contribution in [0.3, 0.4) is 0 Å². The molecule has 0 aliphatic rings. The summed E-state index contributed by atoms with van der Waals surface area (Å²) in [5.41, 5.74) is 5.84. The van der Waals surface area contributed by atoms with Gasteiger partial charge in [0.25, 0.3) is 5.91 Å². The molecule has 0 saturated carbocycles. The van der Waals surface area contributed by atoms with Crippen molar-refractivity contribution in [3.05, 3.63) is 138 Å². The molecule has 0 spiro atoms. The third kappa shape index (κ3) is 6.43. The molecule has 39 heavy (non-hydrogen) atoms. The Bertz CT molecular complexity index is 1590. The molecule has 1 amide bonds. The van der Waals surface area contributed by atoms with Crippen LogP contribution in [0.2, 0.25) is 0 Å². The number of rotatable bonds is 10. The molecule has 0 bridgehead atoms. The van der Waals surface area contributed by atoms with Crippen molar-refractivity contribution >= 4 is 22.9 Å². The monoisotopic (exact) mass is 516 g/mol. The maximum Gasteiger partial charge on any atom is 0.275 e. The molecule has 5 aromatic rings. The number of hydrogen-bond acceptors (Lipinski definition) is 5. The molecule has 5 rings (SSSR count). The fourth-order valence-electron chi connectivity index (χ4n) is 4.20. The molecule has 6 nitrogen and oxygen atoms in total. The van der Waals surface area contributed by atoms with E-state index in [0.29, 0.717) is 36.0 Å². The number of amides is 1. The molecule has 0 saturated heterocycles. The number of benzene rings is 5. The van der Waals surface area contributed by atoms with E-state index in [9.17, 15) is 4.79 Å². The van der Waals surface area contributed by atoms with Gasteiger partial charge in [0.1, 0.15) is 19.0 Å². The summed E-state index contributed by atoms with van der Waals surface area (Å²) in [5.74, 6) is 1.32. The van der Waals surface area contributed by atoms with E-state index >= 15 is 0 Å². The topological polar surface area (TPSA) is 69.2 Å². The molecule has 0 radical (unpaired) electrons. The van der Waals surface area contributed by atoms with Crippen LogP contribution in [0.5, 0.6) is 17.2 Å². The van der Waals surface area contributed by atoms with Gasteiger partial charge >= 0.3 is 0 Å². The van der Waals surface area contributed by atoms with Gasteiger partial charge in [-0.15, -0.1) is 0 Å². The number of carbonyl (C=O) groups is 1. The van der Waals surface area contributed by atoms with Crippen molar-refractivity contribution in [3.63, 3.8) is 0 Å². The highest BCUT2D eigenvalue weighted by molar-refractivity contribution is 5.97. The van der Waals surface area contributed by atoms with Crippen LogP contribution in [0.15, 0.2) is 120 Å². The summed E-state index contributed by atoms with van der Waals surface area (Å²) in [4.78, 5) is 12.8. The zero-order chi connectivity index (χ0) is 26.9. The highest BCUT2D eigenvalue weighted by Crippen LogP contribution is 2.29. The second-order valence-corrected chi connectivity index (χ2v) is 8.81. The van der Waals surface area contributed by atoms with E-state index in [1.165, 1.54) is 5.39 Å². The van der Waals surface area contributed by atoms with E-state index in [1.807, 2.05) is 72.8 Å². The van der Waals surface area contributed by atoms with Crippen LogP contribution in [0.4, 0.5) is 0 Å². The Kier molecular flexibility index (Phi) is 8.14. The van der Waals surface area contributed by atoms with Gasteiger partial charge in [0.15, 0.2) is 11.5 Å². The van der Waals surface area contributed by atoms with Gasteiger partial charge < -0.3 is 14.2 Å². The van der Waals surface area contributed by atoms with E-state index in [0.717, 1.165) is 22.1 Å². The molecular weight excluding hydrogens is 488 g/mol. The first-order valence-corrected chi connectivity index (χ1v) is 12.6. The second-order valence-electron chi connectivity index (χ2n) is 8.81. The van der Waals surface area contributed by atoms with E-state index < -0.39 is 0 Å². The standard InChI is InChI=1S/C33H28N2O4/c1-37-32-20-25(18-19-31(32)39-23-27-14-9-13-26-12-5-6-15-28(26)27)21-34-35-33(36)29-16-7-8-17-30(29)38-22-24-10-3-2-4-11-24/h2-21H,22-23H2,1H3,(H,35,36)/b34-21+. The Balaban J connectivity index is 1.22. The first kappa shape index (κ1) is 25.5. The lowest BCUT2D eigenvalue weighted by atomic mass is 10.1. The number of carbonyl (C=O) groups excluding carboxylic acids is 1. The van der Waals surface area contributed by atoms with Gasteiger partial charge in [-0.25, -0.2) is 5.43 Å². The van der Waals surface area contributed by atoms with Crippen molar-refractivity contribution in [2.45, 2.75) is 13.2 Å². The summed E-state index contributed by atoms with van der Waals surface area (Å²) in [6.45, 7) is 0.774. The van der Waals surface area contributed by atoms with Crippen LogP contribution in [-0.4, -0.2) is 19.2 Å². The van der Waals surface area contributed by atoms with Crippen molar-refractivity contribution in [2.24, 2.45) is 5.10 Å². The van der Waals surface area contributed by atoms with E-state index in [1.54, 1.807) is 31.5 Å². The third-order valence-corrected chi connectivity index (χ3v) is 6.20. The van der Waals surface area contributed by atoms with Crippen LogP contribution in [0, 0.1) is 0 Å². The number of methoxy groups -OCH3 is 1. The molecular formula is C33H28N2O4. The quantitative estimate of drug-likeness (QED) is 0.164. The number of hydrazone groups is 1. The maximum absolute atomic E-state index is 12.8. The minimum atomic E-state index is -0.364. The molecule has 0 aliphatic heterocycles. The summed E-state index contributed by atoms with van der Waals surface area (Å²) in [6, 6.07) is 36.8. The molecule has 0 atom stereocenters. The van der Waals surface area contributed by atoms with Crippen LogP contribution >= 0.6 is 0 Å². The van der Waals surface area contributed by atoms with Gasteiger partial charge in [-0.1, -0.05) is 84.9 Å². The predicted molar refractivity (Wildman–Crippen MR) is 154 cm³/mol. The van der Waals surface area contributed by atoms with E-state index in [4.69, 9.17) is 14.2 Å². The summed E-state index contributed by atoms with van der Waals surface area (Å²) >= 11 is 0. The van der Waals surface area contributed by atoms with E-state index in [-0.39, 0.29) is 5.91 Å². The normalized spacial score (nSPS) is 10.9. The minimum Gasteiger partial charge on any atom is -0.493 e. The second kappa shape index (κ2) is 12.4. The molecule has 5 aromatic carbocycles. The van der Waals surface area contributed by atoms with Crippen LogP contribution < -0.4 is 19.6 Å². The van der Waals surface area contributed by atoms with Crippen LogP contribution in [0.25, 0.3) is 10.8 Å². The maximum atomic E-state index is 12.8. The first-order valence-electron chi connectivity index (χ1n) is 12.6. The lowest BCUT2D eigenvalue weighted by Gasteiger charge is -2.13. The summed E-state index contributed by atoms with van der Waals surface area (Å²) in [7, 11) is 1.59. The number of nitrogens with zero attached hydrogens (tertiary/aromatic N) is 1. The lowest BCUT2D eigenvalue weighted by Crippen LogP contribution is -2.18. The van der Waals surface area contributed by atoms with Gasteiger partial charge in [0, 0.05) is 0 Å². The summed E-state index contributed by atoms with van der Waals surface area (Å²) in [5, 5.41) is 6.46. The van der Waals surface area contributed by atoms with Crippen molar-refractivity contribution in [1.29, 1.82) is 0 Å². The molecule has 0 aliphatic carbocycles. The highest BCUT2D eigenvalue weighted by atomic mass is 16.5. The molecule has 1 N–H and O–H groups in total. The van der Waals surface area contributed by atoms with Crippen molar-refractivity contribution in [2.75, 3.05) is 7.11 Å². The Labute approximate surface area is 227 Å². The van der Waals surface area contributed by atoms with Gasteiger partial charge in [-0.3, -0.25) is 4.79 Å². The smallest absolute Gasteiger partial charge is 0.275 e. The number of para-hydroxylation sites is 1. The zero-order valence-corrected chi connectivity index (χ0v) is 21.5. The lowest BCUT2D eigenvalue weighted by molar-refractivity contribution is 0.0950. The fraction of sp³-hybridized carbons (Fsp3) is 0.0909. The Hall–Kier alpha value is -5.10. The number of hydrogen-bond donors (Lipinski definition) is 1. The van der Waals surface area contributed by atoms with Crippen LogP contribution in [0.1, 0.15) is 27.0 Å². The fourth-order valence-corrected chi connectivity index (χ4v) is 4.20. The number of fused-ring (bicyclic) bond motifs is 1. The van der Waals surface area contributed by atoms with Crippen molar-refractivity contribution < 1.29 is 19.0 Å². The number of ether oxygens (including phenoxy) is 3. The average Bonchev–Trinajstić information content (AvgIpc) is 2.99. The van der Waals surface area contributed by atoms with Gasteiger partial charge in [-0.2, -0.15) is 5.10 Å². The molecule has 0 aromatic heterocycles. The first-order chi connectivity index (χ1) is 19.2. The van der Waals surface area contributed by atoms with Crippen molar-refractivity contribution in [3.8, 4) is 17.2 Å². The summed E-state index contributed by atoms with van der Waals surface area (Å²) < 4.78 is 17.5. The predicted octanol–water partition coefficient (Wildman–Crippen LogP) is 6.77.